The summed E-state index contributed by atoms with van der Waals surface area (Å²) in [6.45, 7) is 1.64. The van der Waals surface area contributed by atoms with Crippen molar-refractivity contribution in [2.45, 2.75) is 173 Å². The van der Waals surface area contributed by atoms with E-state index >= 15 is 0 Å². The number of hydrogen-bond acceptors (Lipinski definition) is 9. The molecule has 3 aromatic carbocycles. The van der Waals surface area contributed by atoms with Crippen molar-refractivity contribution in [3.05, 3.63) is 108 Å². The maximum Gasteiger partial charge on any atom is 0.351 e. The summed E-state index contributed by atoms with van der Waals surface area (Å²) in [5.41, 5.74) is -1.03. The molecule has 0 saturated carbocycles. The van der Waals surface area contributed by atoms with Crippen molar-refractivity contribution in [2.75, 3.05) is 0 Å². The van der Waals surface area contributed by atoms with Gasteiger partial charge in [0.15, 0.2) is 0 Å². The molecule has 0 amide bonds. The van der Waals surface area contributed by atoms with Crippen LogP contribution in [0, 0.1) is 0 Å². The topological polar surface area (TPSA) is 125 Å². The molecule has 1 N–H and O–H groups in total. The zero-order valence-corrected chi connectivity index (χ0v) is 34.9. The van der Waals surface area contributed by atoms with Crippen LogP contribution >= 0.6 is 0 Å². The number of hydrogen-bond donors (Lipinski definition) is 1. The van der Waals surface area contributed by atoms with Crippen molar-refractivity contribution in [2.24, 2.45) is 0 Å². The van der Waals surface area contributed by atoms with Crippen molar-refractivity contribution < 1.29 is 43.2 Å². The molecule has 9 heteroatoms. The van der Waals surface area contributed by atoms with E-state index in [-0.39, 0.29) is 26.2 Å². The van der Waals surface area contributed by atoms with Crippen molar-refractivity contribution in [1.82, 2.24) is 0 Å². The fraction of sp³-hybridized carbons (Fsp3) is 0.551. The minimum atomic E-state index is -2.94. The zero-order chi connectivity index (χ0) is 41.5. The van der Waals surface area contributed by atoms with E-state index in [1.54, 1.807) is 84.9 Å². The van der Waals surface area contributed by atoms with E-state index in [0.29, 0.717) is 23.1 Å². The highest BCUT2D eigenvalue weighted by Crippen LogP contribution is 2.26. The van der Waals surface area contributed by atoms with Gasteiger partial charge in [-0.15, -0.1) is 0 Å². The number of ether oxygens (including phenoxy) is 4. The first-order valence-corrected chi connectivity index (χ1v) is 21.8. The smallest absolute Gasteiger partial charge is 0.351 e. The lowest BCUT2D eigenvalue weighted by atomic mass is 9.92. The minimum Gasteiger partial charge on any atom is -0.461 e. The first kappa shape index (κ1) is 47.9. The minimum absolute atomic E-state index is 0.0467. The van der Waals surface area contributed by atoms with Gasteiger partial charge in [-0.25, -0.2) is 9.59 Å². The van der Waals surface area contributed by atoms with E-state index in [4.69, 9.17) is 18.9 Å². The molecule has 0 aliphatic rings. The number of rotatable bonds is 32. The molecule has 9 nitrogen and oxygen atoms in total. The van der Waals surface area contributed by atoms with Crippen LogP contribution in [0.3, 0.4) is 0 Å². The molecule has 0 saturated heterocycles. The van der Waals surface area contributed by atoms with Crippen LogP contribution in [-0.2, 0) is 57.9 Å². The molecular weight excluding hydrogens is 733 g/mol. The lowest BCUT2D eigenvalue weighted by Crippen LogP contribution is -2.57. The summed E-state index contributed by atoms with van der Waals surface area (Å²) < 4.78 is 21.9. The summed E-state index contributed by atoms with van der Waals surface area (Å²) in [5.74, 6) is -4.33. The second-order valence-electron chi connectivity index (χ2n) is 15.4. The molecule has 0 aliphatic heterocycles. The molecule has 58 heavy (non-hydrogen) atoms. The lowest BCUT2D eigenvalue weighted by molar-refractivity contribution is -0.204. The molecule has 0 aliphatic carbocycles. The second kappa shape index (κ2) is 29.7. The van der Waals surface area contributed by atoms with Gasteiger partial charge in [0.1, 0.15) is 19.8 Å². The predicted octanol–water partition coefficient (Wildman–Crippen LogP) is 11.1. The van der Waals surface area contributed by atoms with Crippen LogP contribution < -0.4 is 0 Å². The van der Waals surface area contributed by atoms with Crippen LogP contribution in [0.2, 0.25) is 0 Å². The van der Waals surface area contributed by atoms with E-state index < -0.39 is 42.0 Å². The van der Waals surface area contributed by atoms with Gasteiger partial charge in [-0.1, -0.05) is 213 Å². The molecule has 2 unspecified atom stereocenters. The van der Waals surface area contributed by atoms with E-state index in [0.717, 1.165) is 25.7 Å². The molecule has 318 valence electrons. The highest BCUT2D eigenvalue weighted by molar-refractivity contribution is 5.94. The van der Waals surface area contributed by atoms with Crippen LogP contribution in [0.4, 0.5) is 0 Å². The highest BCUT2D eigenvalue weighted by Gasteiger charge is 2.55. The second-order valence-corrected chi connectivity index (χ2v) is 15.4. The van der Waals surface area contributed by atoms with Gasteiger partial charge in [-0.2, -0.15) is 0 Å². The third kappa shape index (κ3) is 20.3. The Kier molecular flexibility index (Phi) is 24.5. The molecular formula is C49H68O9. The van der Waals surface area contributed by atoms with Crippen molar-refractivity contribution in [1.29, 1.82) is 0 Å². The Morgan fingerprint density at radius 2 is 0.845 bits per heavy atom. The predicted molar refractivity (Wildman–Crippen MR) is 226 cm³/mol. The summed E-state index contributed by atoms with van der Waals surface area (Å²) in [6.07, 6.45) is 19.9. The van der Waals surface area contributed by atoms with Gasteiger partial charge in [-0.05, 0) is 23.1 Å². The van der Waals surface area contributed by atoms with Gasteiger partial charge in [0.25, 0.3) is 0 Å². The van der Waals surface area contributed by atoms with Crippen LogP contribution in [-0.4, -0.2) is 40.7 Å². The fourth-order valence-electron chi connectivity index (χ4n) is 6.81. The Morgan fingerprint density at radius 3 is 1.26 bits per heavy atom. The van der Waals surface area contributed by atoms with E-state index in [1.807, 2.05) is 6.07 Å². The van der Waals surface area contributed by atoms with Gasteiger partial charge in [-0.3, -0.25) is 9.59 Å². The van der Waals surface area contributed by atoms with Gasteiger partial charge < -0.3 is 24.1 Å². The number of esters is 4. The number of carbonyl (C=O) groups excluding carboxylic acids is 4. The fourth-order valence-corrected chi connectivity index (χ4v) is 6.81. The quantitative estimate of drug-likeness (QED) is 0.0373. The van der Waals surface area contributed by atoms with Crippen LogP contribution in [0.5, 0.6) is 0 Å². The van der Waals surface area contributed by atoms with Crippen molar-refractivity contribution in [3.8, 4) is 0 Å². The van der Waals surface area contributed by atoms with E-state index in [2.05, 4.69) is 6.92 Å². The average molecular weight is 801 g/mol. The molecule has 0 heterocycles. The zero-order valence-electron chi connectivity index (χ0n) is 34.9. The highest BCUT2D eigenvalue weighted by atomic mass is 16.6. The van der Waals surface area contributed by atoms with Gasteiger partial charge in [0.05, 0.1) is 6.42 Å². The lowest BCUT2D eigenvalue weighted by Gasteiger charge is -2.31. The summed E-state index contributed by atoms with van der Waals surface area (Å²) >= 11 is 0. The molecule has 3 aromatic rings. The van der Waals surface area contributed by atoms with E-state index in [9.17, 15) is 24.3 Å². The van der Waals surface area contributed by atoms with Gasteiger partial charge in [0, 0.05) is 6.42 Å². The molecule has 0 aromatic heterocycles. The summed E-state index contributed by atoms with van der Waals surface area (Å²) in [6, 6.07) is 26.4. The molecule has 0 bridgehead atoms. The normalized spacial score (nSPS) is 12.6. The number of benzene rings is 3. The molecule has 2 atom stereocenters. The van der Waals surface area contributed by atoms with Crippen LogP contribution in [0.1, 0.15) is 158 Å². The maximum absolute atomic E-state index is 13.7. The first-order chi connectivity index (χ1) is 28.3. The van der Waals surface area contributed by atoms with Crippen molar-refractivity contribution >= 4 is 23.9 Å². The molecule has 3 rings (SSSR count). The van der Waals surface area contributed by atoms with Gasteiger partial charge >= 0.3 is 23.9 Å². The van der Waals surface area contributed by atoms with Crippen molar-refractivity contribution in [3.63, 3.8) is 0 Å². The maximum atomic E-state index is 13.7. The summed E-state index contributed by atoms with van der Waals surface area (Å²) in [5, 5.41) is 12.0. The largest absolute Gasteiger partial charge is 0.461 e. The molecule has 0 fully saturated rings. The number of unbranched alkanes of at least 4 members (excludes halogenated alkanes) is 18. The Balaban J connectivity index is 1.50. The Labute approximate surface area is 347 Å². The standard InChI is InChI=1S/C49H68O9/c1-2-3-4-5-6-7-8-9-10-11-12-13-14-15-16-17-18-19-29-36-44(50)58-46(47(52)56-39-42-32-25-21-26-33-42)49(54,48(53)57-40-43-34-27-22-28-35-43)37-45(51)55-38-41-30-23-20-24-31-41/h20-28,30-35,46,54H,2-19,29,36-40H2,1H3. The first-order valence-electron chi connectivity index (χ1n) is 21.8. The number of carbonyl (C=O) groups is 4. The van der Waals surface area contributed by atoms with E-state index in [1.165, 1.54) is 89.9 Å². The Hall–Kier alpha value is -4.50. The molecule has 0 radical (unpaired) electrons. The Bertz CT molecular complexity index is 1550. The summed E-state index contributed by atoms with van der Waals surface area (Å²) in [7, 11) is 0. The number of aliphatic hydroxyl groups is 1. The Morgan fingerprint density at radius 1 is 0.483 bits per heavy atom. The van der Waals surface area contributed by atoms with Gasteiger partial charge in [0.2, 0.25) is 11.7 Å². The average Bonchev–Trinajstić information content (AvgIpc) is 3.25. The third-order valence-electron chi connectivity index (χ3n) is 10.3. The molecule has 0 spiro atoms. The van der Waals surface area contributed by atoms with Crippen LogP contribution in [0.25, 0.3) is 0 Å². The monoisotopic (exact) mass is 800 g/mol. The third-order valence-corrected chi connectivity index (χ3v) is 10.3. The van der Waals surface area contributed by atoms with Crippen LogP contribution in [0.15, 0.2) is 91.0 Å². The summed E-state index contributed by atoms with van der Waals surface area (Å²) in [4.78, 5) is 53.8. The SMILES string of the molecule is CCCCCCCCCCCCCCCCCCCCCC(=O)OC(C(=O)OCc1ccccc1)C(O)(CC(=O)OCc1ccccc1)C(=O)OCc1ccccc1.